The Hall–Kier alpha value is -1.70. The van der Waals surface area contributed by atoms with Crippen LogP contribution in [0, 0.1) is 17.3 Å². The van der Waals surface area contributed by atoms with Gasteiger partial charge in [0.05, 0.1) is 0 Å². The van der Waals surface area contributed by atoms with E-state index in [1.165, 1.54) is 37.7 Å². The average Bonchev–Trinajstić information content (AvgIpc) is 3.01. The molecule has 2 heteroatoms. The first-order valence-electron chi connectivity index (χ1n) is 11.3. The maximum absolute atomic E-state index is 11.1. The molecular formula is C26H34O2. The van der Waals surface area contributed by atoms with Crippen LogP contribution in [-0.2, 0) is 10.8 Å². The van der Waals surface area contributed by atoms with Gasteiger partial charge in [0.15, 0.2) is 0 Å². The molecule has 3 saturated carbocycles. The highest BCUT2D eigenvalue weighted by Crippen LogP contribution is 2.89. The molecule has 0 aromatic heterocycles. The number of rotatable bonds is 6. The van der Waals surface area contributed by atoms with Crippen molar-refractivity contribution >= 4 is 0 Å². The highest BCUT2D eigenvalue weighted by Gasteiger charge is 2.86. The van der Waals surface area contributed by atoms with Gasteiger partial charge < -0.3 is 10.2 Å². The van der Waals surface area contributed by atoms with Crippen molar-refractivity contribution in [2.24, 2.45) is 17.3 Å². The summed E-state index contributed by atoms with van der Waals surface area (Å²) in [5, 5.41) is 22.3. The molecule has 2 nitrogen and oxygen atoms in total. The van der Waals surface area contributed by atoms with Crippen molar-refractivity contribution in [3.63, 3.8) is 0 Å². The number of phenolic OH excluding ortho intramolecular Hbond substituents is 2. The number of phenols is 2. The highest BCUT2D eigenvalue weighted by molar-refractivity contribution is 5.67. The summed E-state index contributed by atoms with van der Waals surface area (Å²) in [6.45, 7) is 6.79. The van der Waals surface area contributed by atoms with Crippen LogP contribution >= 0.6 is 0 Å². The van der Waals surface area contributed by atoms with E-state index in [-0.39, 0.29) is 16.2 Å². The molecule has 1 aromatic carbocycles. The third kappa shape index (κ3) is 2.05. The summed E-state index contributed by atoms with van der Waals surface area (Å²) in [6.07, 6.45) is 16.5. The van der Waals surface area contributed by atoms with Crippen molar-refractivity contribution in [1.82, 2.24) is 0 Å². The molecule has 3 fully saturated rings. The molecule has 1 aromatic rings. The van der Waals surface area contributed by atoms with Crippen LogP contribution in [-0.4, -0.2) is 10.2 Å². The molecule has 4 aliphatic carbocycles. The Morgan fingerprint density at radius 3 is 2.36 bits per heavy atom. The molecule has 0 heterocycles. The molecule has 0 radical (unpaired) electrons. The summed E-state index contributed by atoms with van der Waals surface area (Å²) in [5.74, 6) is 1.84. The molecule has 4 unspecified atom stereocenters. The summed E-state index contributed by atoms with van der Waals surface area (Å²) in [6, 6.07) is 3.97. The third-order valence-corrected chi connectivity index (χ3v) is 9.02. The number of unbranched alkanes of at least 4 members (excludes halogenated alkanes) is 2. The second kappa shape index (κ2) is 5.90. The predicted octanol–water partition coefficient (Wildman–Crippen LogP) is 6.51. The van der Waals surface area contributed by atoms with Gasteiger partial charge in [-0.05, 0) is 67.6 Å². The second-order valence-electron chi connectivity index (χ2n) is 10.2. The zero-order valence-corrected chi connectivity index (χ0v) is 17.6. The van der Waals surface area contributed by atoms with Crippen molar-refractivity contribution in [3.05, 3.63) is 47.1 Å². The smallest absolute Gasteiger partial charge is 0.123 e. The van der Waals surface area contributed by atoms with Crippen LogP contribution in [0.5, 0.6) is 11.5 Å². The second-order valence-corrected chi connectivity index (χ2v) is 10.2. The fourth-order valence-electron chi connectivity index (χ4n) is 7.45. The van der Waals surface area contributed by atoms with Crippen molar-refractivity contribution < 1.29 is 10.2 Å². The van der Waals surface area contributed by atoms with Crippen LogP contribution in [0.2, 0.25) is 0 Å². The lowest BCUT2D eigenvalue weighted by Gasteiger charge is -2.32. The summed E-state index contributed by atoms with van der Waals surface area (Å²) < 4.78 is 0. The number of hydrogen-bond acceptors (Lipinski definition) is 2. The Morgan fingerprint density at radius 2 is 1.82 bits per heavy atom. The molecular weight excluding hydrogens is 344 g/mol. The van der Waals surface area contributed by atoms with Crippen LogP contribution in [0.15, 0.2) is 35.9 Å². The van der Waals surface area contributed by atoms with Crippen molar-refractivity contribution in [1.29, 1.82) is 0 Å². The third-order valence-electron chi connectivity index (χ3n) is 9.02. The van der Waals surface area contributed by atoms with Gasteiger partial charge in [-0.25, -0.2) is 0 Å². The fourth-order valence-corrected chi connectivity index (χ4v) is 7.45. The number of benzene rings is 1. The van der Waals surface area contributed by atoms with Gasteiger partial charge in [0.25, 0.3) is 0 Å². The lowest BCUT2D eigenvalue weighted by Crippen LogP contribution is -2.25. The van der Waals surface area contributed by atoms with Crippen molar-refractivity contribution in [2.75, 3.05) is 0 Å². The van der Waals surface area contributed by atoms with Crippen LogP contribution in [0.25, 0.3) is 0 Å². The van der Waals surface area contributed by atoms with Crippen LogP contribution < -0.4 is 0 Å². The van der Waals surface area contributed by atoms with Gasteiger partial charge in [0.2, 0.25) is 0 Å². The molecule has 2 N–H and O–H groups in total. The molecule has 28 heavy (non-hydrogen) atoms. The summed E-state index contributed by atoms with van der Waals surface area (Å²) in [4.78, 5) is 0. The summed E-state index contributed by atoms with van der Waals surface area (Å²) in [5.41, 5.74) is 3.41. The number of aromatic hydroxyl groups is 2. The Morgan fingerprint density at radius 1 is 1.14 bits per heavy atom. The van der Waals surface area contributed by atoms with E-state index >= 15 is 0 Å². The highest BCUT2D eigenvalue weighted by atomic mass is 16.3. The largest absolute Gasteiger partial charge is 0.507 e. The maximum atomic E-state index is 11.1. The van der Waals surface area contributed by atoms with Gasteiger partial charge in [0, 0.05) is 16.4 Å². The molecule has 0 spiro atoms. The number of fused-ring (bicyclic) bond motifs is 1. The average molecular weight is 379 g/mol. The summed E-state index contributed by atoms with van der Waals surface area (Å²) in [7, 11) is 0. The minimum Gasteiger partial charge on any atom is -0.507 e. The lowest BCUT2D eigenvalue weighted by molar-refractivity contribution is 0.221. The normalized spacial score (nSPS) is 37.0. The van der Waals surface area contributed by atoms with Crippen LogP contribution in [0.4, 0.5) is 0 Å². The predicted molar refractivity (Wildman–Crippen MR) is 114 cm³/mol. The molecule has 4 atom stereocenters. The molecule has 0 aliphatic heterocycles. The van der Waals surface area contributed by atoms with Gasteiger partial charge in [0.1, 0.15) is 11.5 Å². The topological polar surface area (TPSA) is 40.5 Å². The van der Waals surface area contributed by atoms with Crippen molar-refractivity contribution in [3.8, 4) is 11.5 Å². The van der Waals surface area contributed by atoms with Crippen LogP contribution in [0.3, 0.4) is 0 Å². The minimum atomic E-state index is -0.131. The van der Waals surface area contributed by atoms with Gasteiger partial charge in [-0.15, -0.1) is 0 Å². The SMILES string of the molecule is CCCCC=CC1(c2cc(O)c(C34C=C(C)C5CC3C54C)c(O)c2)CCCC1. The molecule has 150 valence electrons. The zero-order valence-electron chi connectivity index (χ0n) is 17.6. The van der Waals surface area contributed by atoms with E-state index in [1.807, 2.05) is 12.1 Å². The first kappa shape index (κ1) is 18.3. The molecule has 0 amide bonds. The van der Waals surface area contributed by atoms with Crippen molar-refractivity contribution in [2.45, 2.75) is 83.0 Å². The minimum absolute atomic E-state index is 0.0186. The van der Waals surface area contributed by atoms with E-state index < -0.39 is 0 Å². The van der Waals surface area contributed by atoms with Gasteiger partial charge >= 0.3 is 0 Å². The Balaban J connectivity index is 1.53. The molecule has 4 aliphatic rings. The summed E-state index contributed by atoms with van der Waals surface area (Å²) >= 11 is 0. The molecule has 0 bridgehead atoms. The number of allylic oxidation sites excluding steroid dienone is 4. The molecule has 5 rings (SSSR count). The van der Waals surface area contributed by atoms with Gasteiger partial charge in [-0.3, -0.25) is 0 Å². The monoisotopic (exact) mass is 378 g/mol. The van der Waals surface area contributed by atoms with E-state index in [0.29, 0.717) is 23.3 Å². The molecule has 0 saturated heterocycles. The quantitative estimate of drug-likeness (QED) is 0.437. The Bertz CT molecular complexity index is 849. The Labute approximate surface area is 169 Å². The van der Waals surface area contributed by atoms with E-state index in [9.17, 15) is 10.2 Å². The lowest BCUT2D eigenvalue weighted by atomic mass is 9.72. The number of hydrogen-bond donors (Lipinski definition) is 2. The first-order valence-corrected chi connectivity index (χ1v) is 11.3. The van der Waals surface area contributed by atoms with E-state index in [2.05, 4.69) is 39.0 Å². The van der Waals surface area contributed by atoms with Gasteiger partial charge in [-0.2, -0.15) is 0 Å². The van der Waals surface area contributed by atoms with Crippen LogP contribution in [0.1, 0.15) is 83.3 Å². The van der Waals surface area contributed by atoms with E-state index in [1.54, 1.807) is 0 Å². The first-order chi connectivity index (χ1) is 13.4. The van der Waals surface area contributed by atoms with E-state index in [4.69, 9.17) is 0 Å². The van der Waals surface area contributed by atoms with E-state index in [0.717, 1.165) is 30.4 Å². The zero-order chi connectivity index (χ0) is 19.7. The fraction of sp³-hybridized carbons (Fsp3) is 0.615. The van der Waals surface area contributed by atoms with Gasteiger partial charge in [-0.1, -0.05) is 63.3 Å². The Kier molecular flexibility index (Phi) is 3.87. The maximum Gasteiger partial charge on any atom is 0.123 e. The standard InChI is InChI=1S/C26H34O2/c1-4-5-6-7-10-25(11-8-9-12-25)18-13-20(27)23(21(28)14-18)26-16-17(2)19-15-22(26)24(19,26)3/h7,10,13-14,16,19,22,27-28H,4-6,8-9,11-12,15H2,1-3H3.